The lowest BCUT2D eigenvalue weighted by Crippen LogP contribution is -2.43. The average molecular weight is 717 g/mol. The number of alkyl halides is 1. The summed E-state index contributed by atoms with van der Waals surface area (Å²) in [6.45, 7) is 1.27. The summed E-state index contributed by atoms with van der Waals surface area (Å²) in [4.78, 5) is 31.6. The van der Waals surface area contributed by atoms with Crippen LogP contribution < -0.4 is 20.5 Å². The van der Waals surface area contributed by atoms with Crippen LogP contribution in [0.2, 0.25) is 10.0 Å². The van der Waals surface area contributed by atoms with Gasteiger partial charge < -0.3 is 25.6 Å². The molecule has 2 saturated carbocycles. The molecular weight excluding hydrogens is 684 g/mol. The van der Waals surface area contributed by atoms with Crippen LogP contribution in [0.25, 0.3) is 22.2 Å². The molecule has 3 aliphatic rings. The Kier molecular flexibility index (Phi) is 7.59. The molecule has 4 N–H and O–H groups in total. The number of amides is 2. The molecule has 0 bridgehead atoms. The van der Waals surface area contributed by atoms with Crippen molar-refractivity contribution in [3.8, 4) is 22.8 Å². The van der Waals surface area contributed by atoms with Crippen LogP contribution in [0, 0.1) is 0 Å². The second-order valence-electron chi connectivity index (χ2n) is 13.4. The Bertz CT molecular complexity index is 2210. The van der Waals surface area contributed by atoms with Crippen LogP contribution in [0.5, 0.6) is 11.5 Å². The van der Waals surface area contributed by atoms with Crippen LogP contribution in [0.1, 0.15) is 59.8 Å². The lowest BCUT2D eigenvalue weighted by molar-refractivity contribution is -0.123. The van der Waals surface area contributed by atoms with Gasteiger partial charge in [0.2, 0.25) is 11.7 Å². The van der Waals surface area contributed by atoms with Gasteiger partial charge in [-0.05, 0) is 49.6 Å². The lowest BCUT2D eigenvalue weighted by Gasteiger charge is -2.30. The van der Waals surface area contributed by atoms with Crippen LogP contribution >= 0.6 is 23.2 Å². The predicted octanol–water partition coefficient (Wildman–Crippen LogP) is 6.16. The van der Waals surface area contributed by atoms with Gasteiger partial charge in [-0.15, -0.1) is 0 Å². The smallest absolute Gasteiger partial charge is 0.251 e. The van der Waals surface area contributed by atoms with Crippen molar-refractivity contribution in [2.24, 2.45) is 5.73 Å². The summed E-state index contributed by atoms with van der Waals surface area (Å²) in [6, 6.07) is 18.6. The highest BCUT2D eigenvalue weighted by Gasteiger charge is 2.47. The minimum atomic E-state index is -1.93. The Balaban J connectivity index is 1.21. The van der Waals surface area contributed by atoms with Gasteiger partial charge in [0.1, 0.15) is 40.3 Å². The van der Waals surface area contributed by atoms with Crippen molar-refractivity contribution in [1.29, 1.82) is 0 Å². The number of ether oxygens (including phenoxy) is 2. The zero-order chi connectivity index (χ0) is 35.0. The second-order valence-corrected chi connectivity index (χ2v) is 14.2. The molecule has 0 radical (unpaired) electrons. The van der Waals surface area contributed by atoms with Crippen molar-refractivity contribution in [2.75, 3.05) is 13.2 Å². The third kappa shape index (κ3) is 5.44. The lowest BCUT2D eigenvalue weighted by atomic mass is 9.80. The van der Waals surface area contributed by atoms with E-state index in [4.69, 9.17) is 43.4 Å². The number of carbonyl (C=O) groups excluding carboxylic acids is 2. The first kappa shape index (κ1) is 32.5. The van der Waals surface area contributed by atoms with E-state index in [1.54, 1.807) is 79.9 Å². The molecule has 5 aromatic rings. The van der Waals surface area contributed by atoms with E-state index < -0.39 is 28.6 Å². The van der Waals surface area contributed by atoms with E-state index in [1.807, 2.05) is 0 Å². The number of benzene rings is 3. The number of aromatic nitrogens is 3. The van der Waals surface area contributed by atoms with Gasteiger partial charge in [-0.2, -0.15) is 5.10 Å². The van der Waals surface area contributed by atoms with Gasteiger partial charge >= 0.3 is 0 Å². The summed E-state index contributed by atoms with van der Waals surface area (Å²) in [5.74, 6) is -1.99. The number of aliphatic hydroxyl groups is 1. The number of fused-ring (bicyclic) bond motifs is 2. The summed E-state index contributed by atoms with van der Waals surface area (Å²) >= 11 is 13.1. The summed E-state index contributed by atoms with van der Waals surface area (Å²) in [5.41, 5.74) is 5.04. The highest BCUT2D eigenvalue weighted by molar-refractivity contribution is 6.43. The number of nitrogens with two attached hydrogens (primary N) is 1. The molecule has 2 amide bonds. The van der Waals surface area contributed by atoms with Gasteiger partial charge in [-0.1, -0.05) is 65.7 Å². The monoisotopic (exact) mass is 715 g/mol. The topological polar surface area (TPSA) is 142 Å². The number of hydrogen-bond donors (Lipinski definition) is 3. The Labute approximate surface area is 296 Å². The number of hydrogen-bond acceptors (Lipinski definition) is 7. The normalized spacial score (nSPS) is 20.1. The van der Waals surface area contributed by atoms with E-state index in [9.17, 15) is 19.1 Å². The van der Waals surface area contributed by atoms with Crippen molar-refractivity contribution >= 4 is 45.9 Å². The van der Waals surface area contributed by atoms with Crippen LogP contribution in [-0.4, -0.2) is 50.9 Å². The number of nitrogens with zero attached hydrogens (tertiary/aromatic N) is 3. The molecule has 1 aliphatic heterocycles. The number of carbonyl (C=O) groups is 2. The standard InChI is InChI=1S/C37H32Cl2FN5O5/c1-35(34(41)47)19-49-32-25(35)16-28(43-31(32)24-8-5-9-26(38)29(24)39)37(48,22-6-3-2-4-7-22)18-42-33(46)20-14-21-17-45(36(40)12-13-36)44-30(21)27(15-20)50-23-10-11-23/h2-9,14-17,23,48H,10-13,18-19H2,1H3,(H2,41,47)(H,42,46)/t35-,37+/m0/s1. The first-order valence-electron chi connectivity index (χ1n) is 16.3. The zero-order valence-corrected chi connectivity index (χ0v) is 28.4. The summed E-state index contributed by atoms with van der Waals surface area (Å²) in [7, 11) is 0. The highest BCUT2D eigenvalue weighted by atomic mass is 35.5. The highest BCUT2D eigenvalue weighted by Crippen LogP contribution is 2.49. The molecule has 256 valence electrons. The fraction of sp³-hybridized carbons (Fsp3) is 0.297. The third-order valence-corrected chi connectivity index (χ3v) is 10.5. The van der Waals surface area contributed by atoms with Crippen LogP contribution in [-0.2, 0) is 21.6 Å². The molecule has 50 heavy (non-hydrogen) atoms. The van der Waals surface area contributed by atoms with E-state index in [1.165, 1.54) is 4.68 Å². The predicted molar refractivity (Wildman–Crippen MR) is 185 cm³/mol. The molecule has 0 unspecified atom stereocenters. The van der Waals surface area contributed by atoms with Gasteiger partial charge in [0.25, 0.3) is 5.91 Å². The largest absolute Gasteiger partial charge is 0.489 e. The van der Waals surface area contributed by atoms with Crippen LogP contribution in [0.3, 0.4) is 0 Å². The van der Waals surface area contributed by atoms with Crippen molar-refractivity contribution in [1.82, 2.24) is 20.1 Å². The second kappa shape index (κ2) is 11.7. The number of pyridine rings is 1. The minimum absolute atomic E-state index is 0.00763. The fourth-order valence-electron chi connectivity index (χ4n) is 6.26. The van der Waals surface area contributed by atoms with Gasteiger partial charge in [-0.3, -0.25) is 9.59 Å². The minimum Gasteiger partial charge on any atom is -0.489 e. The number of primary amides is 1. The quantitative estimate of drug-likeness (QED) is 0.157. The molecule has 8 rings (SSSR count). The molecule has 3 aromatic carbocycles. The average Bonchev–Trinajstić information content (AvgIpc) is 4.01. The molecule has 3 heterocycles. The molecule has 0 saturated heterocycles. The van der Waals surface area contributed by atoms with E-state index in [2.05, 4.69) is 10.4 Å². The van der Waals surface area contributed by atoms with E-state index in [-0.39, 0.29) is 52.0 Å². The summed E-state index contributed by atoms with van der Waals surface area (Å²) in [5, 5.41) is 21.1. The molecule has 0 spiro atoms. The first-order chi connectivity index (χ1) is 23.9. The van der Waals surface area contributed by atoms with Crippen LogP contribution in [0.15, 0.2) is 72.9 Å². The third-order valence-electron chi connectivity index (χ3n) is 9.73. The molecule has 2 atom stereocenters. The zero-order valence-electron chi connectivity index (χ0n) is 26.9. The van der Waals surface area contributed by atoms with Gasteiger partial charge in [0, 0.05) is 41.1 Å². The fourth-order valence-corrected chi connectivity index (χ4v) is 6.65. The van der Waals surface area contributed by atoms with Crippen molar-refractivity contribution in [2.45, 2.75) is 55.5 Å². The Morgan fingerprint density at radius 3 is 2.60 bits per heavy atom. The molecule has 13 heteroatoms. The Morgan fingerprint density at radius 2 is 1.90 bits per heavy atom. The molecule has 10 nitrogen and oxygen atoms in total. The van der Waals surface area contributed by atoms with E-state index in [0.717, 1.165) is 12.8 Å². The Morgan fingerprint density at radius 1 is 1.14 bits per heavy atom. The van der Waals surface area contributed by atoms with Gasteiger partial charge in [0.05, 0.1) is 28.4 Å². The van der Waals surface area contributed by atoms with E-state index in [0.29, 0.717) is 46.2 Å². The molecular formula is C37H32Cl2FN5O5. The number of nitrogens with one attached hydrogen (secondary N) is 1. The summed E-state index contributed by atoms with van der Waals surface area (Å²) in [6.07, 6.45) is 4.11. The SMILES string of the molecule is C[C@]1(C(N)=O)COc2c1cc([C@@](O)(CNC(=O)c1cc(OC3CC3)c3nn(C4(F)CC4)cc3c1)c1ccccc1)nc2-c1cccc(Cl)c1Cl. The maximum Gasteiger partial charge on any atom is 0.251 e. The molecule has 2 aliphatic carbocycles. The summed E-state index contributed by atoms with van der Waals surface area (Å²) < 4.78 is 28.4. The Hall–Kier alpha value is -4.71. The van der Waals surface area contributed by atoms with Crippen LogP contribution in [0.4, 0.5) is 4.39 Å². The first-order valence-corrected chi connectivity index (χ1v) is 17.0. The van der Waals surface area contributed by atoms with Gasteiger partial charge in [-0.25, -0.2) is 14.1 Å². The molecule has 2 fully saturated rings. The van der Waals surface area contributed by atoms with Gasteiger partial charge in [0.15, 0.2) is 0 Å². The van der Waals surface area contributed by atoms with Crippen molar-refractivity contribution in [3.63, 3.8) is 0 Å². The van der Waals surface area contributed by atoms with Crippen molar-refractivity contribution in [3.05, 3.63) is 105 Å². The van der Waals surface area contributed by atoms with E-state index >= 15 is 0 Å². The van der Waals surface area contributed by atoms with Crippen molar-refractivity contribution < 1.29 is 28.6 Å². The molecule has 2 aromatic heterocycles. The maximum atomic E-state index is 15.0. The number of rotatable bonds is 10. The number of halogens is 3. The maximum absolute atomic E-state index is 15.0.